The lowest BCUT2D eigenvalue weighted by Gasteiger charge is -2.11. The fraction of sp³-hybridized carbons (Fsp3) is 0.273. The van der Waals surface area contributed by atoms with Crippen LogP contribution in [0.1, 0.15) is 25.3 Å². The Bertz CT molecular complexity index is 1270. The zero-order valence-corrected chi connectivity index (χ0v) is 17.4. The van der Waals surface area contributed by atoms with Gasteiger partial charge in [-0.25, -0.2) is 0 Å². The van der Waals surface area contributed by atoms with Gasteiger partial charge in [-0.05, 0) is 42.8 Å². The molecule has 0 aliphatic heterocycles. The molecular formula is C22H21N5O2S. The molecule has 0 aliphatic rings. The third-order valence-electron chi connectivity index (χ3n) is 4.78. The number of aryl methyl sites for hydroxylation is 1. The van der Waals surface area contributed by atoms with Crippen LogP contribution in [0.3, 0.4) is 0 Å². The quantitative estimate of drug-likeness (QED) is 0.318. The first kappa shape index (κ1) is 20.0. The zero-order chi connectivity index (χ0) is 20.9. The van der Waals surface area contributed by atoms with Gasteiger partial charge in [-0.3, -0.25) is 13.8 Å². The maximum Gasteiger partial charge on any atom is 0.262 e. The van der Waals surface area contributed by atoms with Gasteiger partial charge in [0.1, 0.15) is 5.75 Å². The van der Waals surface area contributed by atoms with E-state index in [0.29, 0.717) is 35.6 Å². The predicted molar refractivity (Wildman–Crippen MR) is 117 cm³/mol. The van der Waals surface area contributed by atoms with E-state index in [9.17, 15) is 4.79 Å². The average Bonchev–Trinajstić information content (AvgIpc) is 3.21. The summed E-state index contributed by atoms with van der Waals surface area (Å²) < 4.78 is 9.43. The van der Waals surface area contributed by atoms with Crippen LogP contribution >= 0.6 is 11.8 Å². The highest BCUT2D eigenvalue weighted by molar-refractivity contribution is 7.99. The molecular weight excluding hydrogens is 398 g/mol. The van der Waals surface area contributed by atoms with Gasteiger partial charge in [0.25, 0.3) is 5.56 Å². The van der Waals surface area contributed by atoms with E-state index in [1.54, 1.807) is 28.8 Å². The molecule has 0 saturated heterocycles. The molecule has 0 amide bonds. The number of benzene rings is 2. The Morgan fingerprint density at radius 3 is 2.70 bits per heavy atom. The van der Waals surface area contributed by atoms with Crippen LogP contribution < -0.4 is 10.3 Å². The summed E-state index contributed by atoms with van der Waals surface area (Å²) in [5, 5.41) is 18.9. The van der Waals surface area contributed by atoms with Gasteiger partial charge in [0.15, 0.2) is 5.16 Å². The van der Waals surface area contributed by atoms with E-state index in [2.05, 4.69) is 23.2 Å². The van der Waals surface area contributed by atoms with Crippen molar-refractivity contribution in [2.45, 2.75) is 31.5 Å². The number of hydrogen-bond donors (Lipinski definition) is 0. The topological polar surface area (TPSA) is 85.2 Å². The molecule has 152 valence electrons. The van der Waals surface area contributed by atoms with E-state index in [1.807, 2.05) is 28.7 Å². The molecule has 8 heteroatoms. The highest BCUT2D eigenvalue weighted by Crippen LogP contribution is 2.22. The Morgan fingerprint density at radius 2 is 1.93 bits per heavy atom. The summed E-state index contributed by atoms with van der Waals surface area (Å²) in [7, 11) is 0. The summed E-state index contributed by atoms with van der Waals surface area (Å²) in [4.78, 5) is 13.0. The summed E-state index contributed by atoms with van der Waals surface area (Å²) >= 11 is 1.53. The van der Waals surface area contributed by atoms with E-state index in [4.69, 9.17) is 10.00 Å². The van der Waals surface area contributed by atoms with Crippen LogP contribution in [0.25, 0.3) is 16.7 Å². The molecule has 7 nitrogen and oxygen atoms in total. The molecule has 30 heavy (non-hydrogen) atoms. The highest BCUT2D eigenvalue weighted by atomic mass is 32.2. The van der Waals surface area contributed by atoms with Crippen LogP contribution in [0.4, 0.5) is 0 Å². The van der Waals surface area contributed by atoms with Gasteiger partial charge in [-0.1, -0.05) is 37.2 Å². The lowest BCUT2D eigenvalue weighted by Crippen LogP contribution is -2.23. The lowest BCUT2D eigenvalue weighted by atomic mass is 10.2. The first-order chi connectivity index (χ1) is 14.7. The first-order valence-corrected chi connectivity index (χ1v) is 10.8. The first-order valence-electron chi connectivity index (χ1n) is 9.85. The highest BCUT2D eigenvalue weighted by Gasteiger charge is 2.16. The SMILES string of the molecule is CCCCn1c(=O)c2ccccc2n2c(SCCOc3ccc(C#N)cc3)nnc12. The van der Waals surface area contributed by atoms with Gasteiger partial charge in [0.05, 0.1) is 29.1 Å². The van der Waals surface area contributed by atoms with Gasteiger partial charge < -0.3 is 4.74 Å². The van der Waals surface area contributed by atoms with Gasteiger partial charge in [0.2, 0.25) is 5.78 Å². The molecule has 0 aliphatic carbocycles. The van der Waals surface area contributed by atoms with Crippen molar-refractivity contribution in [3.63, 3.8) is 0 Å². The van der Waals surface area contributed by atoms with Gasteiger partial charge in [-0.2, -0.15) is 5.26 Å². The molecule has 4 rings (SSSR count). The molecule has 0 unspecified atom stereocenters. The second-order valence-electron chi connectivity index (χ2n) is 6.78. The normalized spacial score (nSPS) is 11.1. The summed E-state index contributed by atoms with van der Waals surface area (Å²) in [6.45, 7) is 3.20. The molecule has 4 aromatic rings. The van der Waals surface area contributed by atoms with Crippen molar-refractivity contribution in [2.75, 3.05) is 12.4 Å². The molecule has 2 aromatic carbocycles. The van der Waals surface area contributed by atoms with Crippen LogP contribution in [0.2, 0.25) is 0 Å². The number of nitrogens with zero attached hydrogens (tertiary/aromatic N) is 5. The van der Waals surface area contributed by atoms with Crippen LogP contribution in [0.15, 0.2) is 58.5 Å². The maximum atomic E-state index is 13.0. The molecule has 0 spiro atoms. The molecule has 0 atom stereocenters. The van der Waals surface area contributed by atoms with E-state index in [1.165, 1.54) is 11.8 Å². The standard InChI is InChI=1S/C22H21N5O2S/c1-2-3-12-26-20(28)18-6-4-5-7-19(18)27-21(26)24-25-22(27)30-14-13-29-17-10-8-16(15-23)9-11-17/h4-11H,2-3,12-14H2,1H3. The van der Waals surface area contributed by atoms with Crippen molar-refractivity contribution < 1.29 is 4.74 Å². The lowest BCUT2D eigenvalue weighted by molar-refractivity contribution is 0.344. The molecule has 0 bridgehead atoms. The summed E-state index contributed by atoms with van der Waals surface area (Å²) in [6.07, 6.45) is 1.90. The largest absolute Gasteiger partial charge is 0.493 e. The minimum absolute atomic E-state index is 0.0281. The number of para-hydroxylation sites is 1. The summed E-state index contributed by atoms with van der Waals surface area (Å²) in [5.74, 6) is 1.96. The Labute approximate surface area is 177 Å². The fourth-order valence-corrected chi connectivity index (χ4v) is 4.02. The zero-order valence-electron chi connectivity index (χ0n) is 16.6. The number of nitriles is 1. The van der Waals surface area contributed by atoms with Crippen molar-refractivity contribution >= 4 is 28.4 Å². The van der Waals surface area contributed by atoms with E-state index < -0.39 is 0 Å². The summed E-state index contributed by atoms with van der Waals surface area (Å²) in [6, 6.07) is 16.7. The van der Waals surface area contributed by atoms with Crippen LogP contribution in [-0.4, -0.2) is 31.5 Å². The van der Waals surface area contributed by atoms with Crippen molar-refractivity contribution in [1.82, 2.24) is 19.2 Å². The summed E-state index contributed by atoms with van der Waals surface area (Å²) in [5.41, 5.74) is 1.39. The Morgan fingerprint density at radius 1 is 1.13 bits per heavy atom. The Kier molecular flexibility index (Phi) is 6.00. The van der Waals surface area contributed by atoms with Crippen molar-refractivity contribution in [2.24, 2.45) is 0 Å². The van der Waals surface area contributed by atoms with Crippen LogP contribution in [-0.2, 0) is 6.54 Å². The Balaban J connectivity index is 1.58. The molecule has 0 radical (unpaired) electrons. The molecule has 0 fully saturated rings. The number of aromatic nitrogens is 4. The van der Waals surface area contributed by atoms with Gasteiger partial charge in [-0.15, -0.1) is 10.2 Å². The minimum atomic E-state index is -0.0281. The minimum Gasteiger partial charge on any atom is -0.493 e. The second kappa shape index (κ2) is 9.01. The monoisotopic (exact) mass is 419 g/mol. The number of rotatable bonds is 8. The second-order valence-corrected chi connectivity index (χ2v) is 7.84. The van der Waals surface area contributed by atoms with E-state index >= 15 is 0 Å². The van der Waals surface area contributed by atoms with Crippen molar-refractivity contribution in [3.05, 3.63) is 64.4 Å². The number of hydrogen-bond acceptors (Lipinski definition) is 6. The number of unbranched alkanes of at least 4 members (excludes halogenated alkanes) is 1. The smallest absolute Gasteiger partial charge is 0.262 e. The van der Waals surface area contributed by atoms with E-state index in [-0.39, 0.29) is 5.56 Å². The maximum absolute atomic E-state index is 13.0. The van der Waals surface area contributed by atoms with Crippen molar-refractivity contribution in [1.29, 1.82) is 5.26 Å². The average molecular weight is 420 g/mol. The molecule has 2 heterocycles. The van der Waals surface area contributed by atoms with Crippen LogP contribution in [0, 0.1) is 11.3 Å². The molecule has 0 N–H and O–H groups in total. The van der Waals surface area contributed by atoms with E-state index in [0.717, 1.165) is 29.3 Å². The van der Waals surface area contributed by atoms with Gasteiger partial charge >= 0.3 is 0 Å². The fourth-order valence-electron chi connectivity index (χ4n) is 3.26. The van der Waals surface area contributed by atoms with Gasteiger partial charge in [0, 0.05) is 12.3 Å². The molecule has 2 aromatic heterocycles. The predicted octanol–water partition coefficient (Wildman–Crippen LogP) is 3.89. The number of fused-ring (bicyclic) bond motifs is 3. The third-order valence-corrected chi connectivity index (χ3v) is 5.67. The number of ether oxygens (including phenoxy) is 1. The molecule has 0 saturated carbocycles. The van der Waals surface area contributed by atoms with Crippen LogP contribution in [0.5, 0.6) is 5.75 Å². The Hall–Kier alpha value is -3.31. The van der Waals surface area contributed by atoms with Crippen molar-refractivity contribution in [3.8, 4) is 11.8 Å². The third kappa shape index (κ3) is 3.89. The number of thioether (sulfide) groups is 1.